The van der Waals surface area contributed by atoms with Crippen molar-refractivity contribution in [3.05, 3.63) is 54.2 Å². The van der Waals surface area contributed by atoms with E-state index in [1.807, 2.05) is 59.6 Å². The summed E-state index contributed by atoms with van der Waals surface area (Å²) in [7, 11) is 0. The molecule has 128 valence electrons. The van der Waals surface area contributed by atoms with Gasteiger partial charge in [-0.1, -0.05) is 18.2 Å². The third kappa shape index (κ3) is 3.15. The maximum atomic E-state index is 8.89. The third-order valence-electron chi connectivity index (χ3n) is 4.05. The number of rotatable bonds is 5. The number of aromatic nitrogens is 4. The number of para-hydroxylation sites is 1. The number of thiophene rings is 1. The van der Waals surface area contributed by atoms with Gasteiger partial charge in [-0.05, 0) is 30.5 Å². The second kappa shape index (κ2) is 6.94. The van der Waals surface area contributed by atoms with E-state index in [0.29, 0.717) is 12.4 Å². The summed E-state index contributed by atoms with van der Waals surface area (Å²) in [6.07, 6.45) is 4.15. The second-order valence-electron chi connectivity index (χ2n) is 5.94. The first kappa shape index (κ1) is 16.2. The van der Waals surface area contributed by atoms with Gasteiger partial charge < -0.3 is 5.32 Å². The molecule has 0 aliphatic rings. The van der Waals surface area contributed by atoms with Gasteiger partial charge in [0, 0.05) is 17.4 Å². The van der Waals surface area contributed by atoms with E-state index in [4.69, 9.17) is 10.2 Å². The quantitative estimate of drug-likeness (QED) is 0.554. The SMILES string of the molecule is CC(CC#N)n1cc(-c2nc(Nc3ccccc3)nc3ccsc23)cn1. The Kier molecular flexibility index (Phi) is 4.33. The van der Waals surface area contributed by atoms with Gasteiger partial charge in [0.25, 0.3) is 0 Å². The Labute approximate surface area is 154 Å². The van der Waals surface area contributed by atoms with E-state index >= 15 is 0 Å². The second-order valence-corrected chi connectivity index (χ2v) is 6.86. The minimum atomic E-state index is 0.0244. The van der Waals surface area contributed by atoms with Gasteiger partial charge in [0.05, 0.1) is 40.6 Å². The van der Waals surface area contributed by atoms with Crippen molar-refractivity contribution in [1.29, 1.82) is 5.26 Å². The molecule has 7 heteroatoms. The van der Waals surface area contributed by atoms with Crippen molar-refractivity contribution in [2.75, 3.05) is 5.32 Å². The first-order valence-corrected chi connectivity index (χ1v) is 9.11. The average molecular weight is 360 g/mol. The number of nitrogens with one attached hydrogen (secondary N) is 1. The minimum Gasteiger partial charge on any atom is -0.324 e. The van der Waals surface area contributed by atoms with Crippen LogP contribution in [0.25, 0.3) is 21.5 Å². The zero-order chi connectivity index (χ0) is 17.9. The van der Waals surface area contributed by atoms with Gasteiger partial charge >= 0.3 is 0 Å². The molecule has 0 fully saturated rings. The highest BCUT2D eigenvalue weighted by molar-refractivity contribution is 7.17. The number of nitrogens with zero attached hydrogens (tertiary/aromatic N) is 5. The molecule has 0 radical (unpaired) electrons. The van der Waals surface area contributed by atoms with E-state index in [9.17, 15) is 0 Å². The van der Waals surface area contributed by atoms with Crippen molar-refractivity contribution in [1.82, 2.24) is 19.7 Å². The van der Waals surface area contributed by atoms with Crippen LogP contribution in [0.5, 0.6) is 0 Å². The fraction of sp³-hybridized carbons (Fsp3) is 0.158. The van der Waals surface area contributed by atoms with Crippen LogP contribution in [0.1, 0.15) is 19.4 Å². The molecular weight excluding hydrogens is 344 g/mol. The molecule has 0 amide bonds. The number of fused-ring (bicyclic) bond motifs is 1. The topological polar surface area (TPSA) is 79.4 Å². The molecule has 4 rings (SSSR count). The lowest BCUT2D eigenvalue weighted by molar-refractivity contribution is 0.500. The molecular formula is C19H16N6S. The summed E-state index contributed by atoms with van der Waals surface area (Å²) in [5.74, 6) is 0.551. The molecule has 0 saturated carbocycles. The van der Waals surface area contributed by atoms with Crippen LogP contribution in [0.3, 0.4) is 0 Å². The number of anilines is 2. The van der Waals surface area contributed by atoms with Crippen molar-refractivity contribution in [3.63, 3.8) is 0 Å². The molecule has 3 heterocycles. The summed E-state index contributed by atoms with van der Waals surface area (Å²) in [4.78, 5) is 9.33. The summed E-state index contributed by atoms with van der Waals surface area (Å²) in [6.45, 7) is 1.98. The predicted octanol–water partition coefficient (Wildman–Crippen LogP) is 4.77. The van der Waals surface area contributed by atoms with Crippen molar-refractivity contribution in [2.24, 2.45) is 0 Å². The van der Waals surface area contributed by atoms with Crippen LogP contribution in [0.2, 0.25) is 0 Å². The van der Waals surface area contributed by atoms with Crippen molar-refractivity contribution in [3.8, 4) is 17.3 Å². The Hall–Kier alpha value is -3.24. The summed E-state index contributed by atoms with van der Waals surface area (Å²) in [5.41, 5.74) is 3.60. The lowest BCUT2D eigenvalue weighted by Crippen LogP contribution is -2.04. The first-order chi connectivity index (χ1) is 12.7. The summed E-state index contributed by atoms with van der Waals surface area (Å²) >= 11 is 1.61. The Balaban J connectivity index is 1.75. The molecule has 26 heavy (non-hydrogen) atoms. The average Bonchev–Trinajstić information content (AvgIpc) is 3.32. The van der Waals surface area contributed by atoms with Crippen LogP contribution in [-0.2, 0) is 0 Å². The third-order valence-corrected chi connectivity index (χ3v) is 4.96. The largest absolute Gasteiger partial charge is 0.324 e. The van der Waals surface area contributed by atoms with Gasteiger partial charge in [-0.3, -0.25) is 4.68 Å². The lowest BCUT2D eigenvalue weighted by Gasteiger charge is -2.08. The molecule has 3 aromatic heterocycles. The van der Waals surface area contributed by atoms with Crippen molar-refractivity contribution >= 4 is 33.2 Å². The zero-order valence-electron chi connectivity index (χ0n) is 14.1. The van der Waals surface area contributed by atoms with Crippen LogP contribution >= 0.6 is 11.3 Å². The maximum Gasteiger partial charge on any atom is 0.228 e. The zero-order valence-corrected chi connectivity index (χ0v) is 14.9. The van der Waals surface area contributed by atoms with Gasteiger partial charge in [0.15, 0.2) is 0 Å². The van der Waals surface area contributed by atoms with E-state index in [-0.39, 0.29) is 6.04 Å². The number of nitriles is 1. The predicted molar refractivity (Wildman–Crippen MR) is 103 cm³/mol. The molecule has 0 spiro atoms. The number of benzene rings is 1. The summed E-state index contributed by atoms with van der Waals surface area (Å²) in [5, 5.41) is 18.6. The van der Waals surface area contributed by atoms with Crippen LogP contribution in [0, 0.1) is 11.3 Å². The van der Waals surface area contributed by atoms with E-state index in [1.54, 1.807) is 17.5 Å². The van der Waals surface area contributed by atoms with E-state index in [2.05, 4.69) is 21.5 Å². The van der Waals surface area contributed by atoms with Crippen LogP contribution in [-0.4, -0.2) is 19.7 Å². The molecule has 4 aromatic rings. The molecule has 1 N–H and O–H groups in total. The van der Waals surface area contributed by atoms with Gasteiger partial charge in [-0.15, -0.1) is 11.3 Å². The molecule has 6 nitrogen and oxygen atoms in total. The Bertz CT molecular complexity index is 1080. The lowest BCUT2D eigenvalue weighted by atomic mass is 10.2. The Morgan fingerprint density at radius 1 is 1.23 bits per heavy atom. The van der Waals surface area contributed by atoms with Gasteiger partial charge in [-0.2, -0.15) is 10.4 Å². The fourth-order valence-electron chi connectivity index (χ4n) is 2.69. The fourth-order valence-corrected chi connectivity index (χ4v) is 3.54. The van der Waals surface area contributed by atoms with Crippen LogP contribution in [0.15, 0.2) is 54.2 Å². The standard InChI is InChI=1S/C19H16N6S/c1-13(7-9-20)25-12-14(11-21-25)17-18-16(8-10-26-18)23-19(24-17)22-15-5-3-2-4-6-15/h2-6,8,10-13H,7H2,1H3,(H,22,23,24). The van der Waals surface area contributed by atoms with Gasteiger partial charge in [-0.25, -0.2) is 9.97 Å². The van der Waals surface area contributed by atoms with E-state index < -0.39 is 0 Å². The number of hydrogen-bond donors (Lipinski definition) is 1. The van der Waals surface area contributed by atoms with E-state index in [0.717, 1.165) is 27.2 Å². The molecule has 1 atom stereocenters. The van der Waals surface area contributed by atoms with Crippen LogP contribution < -0.4 is 5.32 Å². The van der Waals surface area contributed by atoms with Crippen LogP contribution in [0.4, 0.5) is 11.6 Å². The Morgan fingerprint density at radius 2 is 2.08 bits per heavy atom. The first-order valence-electron chi connectivity index (χ1n) is 8.23. The van der Waals surface area contributed by atoms with Gasteiger partial charge in [0.2, 0.25) is 5.95 Å². The highest BCUT2D eigenvalue weighted by Gasteiger charge is 2.14. The molecule has 0 aliphatic heterocycles. The highest BCUT2D eigenvalue weighted by Crippen LogP contribution is 2.32. The highest BCUT2D eigenvalue weighted by atomic mass is 32.1. The van der Waals surface area contributed by atoms with Crippen molar-refractivity contribution < 1.29 is 0 Å². The molecule has 0 saturated heterocycles. The molecule has 1 unspecified atom stereocenters. The Morgan fingerprint density at radius 3 is 2.88 bits per heavy atom. The minimum absolute atomic E-state index is 0.0244. The summed E-state index contributed by atoms with van der Waals surface area (Å²) in [6, 6.07) is 14.0. The maximum absolute atomic E-state index is 8.89. The molecule has 0 aliphatic carbocycles. The monoisotopic (exact) mass is 360 g/mol. The smallest absolute Gasteiger partial charge is 0.228 e. The van der Waals surface area contributed by atoms with Crippen molar-refractivity contribution in [2.45, 2.75) is 19.4 Å². The molecule has 0 bridgehead atoms. The number of hydrogen-bond acceptors (Lipinski definition) is 6. The van der Waals surface area contributed by atoms with E-state index in [1.165, 1.54) is 0 Å². The normalized spacial score (nSPS) is 12.0. The summed E-state index contributed by atoms with van der Waals surface area (Å²) < 4.78 is 2.83. The molecule has 1 aromatic carbocycles. The van der Waals surface area contributed by atoms with Gasteiger partial charge in [0.1, 0.15) is 0 Å².